The smallest absolute Gasteiger partial charge is 0.191 e. The van der Waals surface area contributed by atoms with Crippen molar-refractivity contribution in [2.75, 3.05) is 47.1 Å². The van der Waals surface area contributed by atoms with Crippen molar-refractivity contribution in [3.05, 3.63) is 29.8 Å². The van der Waals surface area contributed by atoms with Gasteiger partial charge in [-0.25, -0.2) is 0 Å². The van der Waals surface area contributed by atoms with Gasteiger partial charge in [0.25, 0.3) is 0 Å². The lowest BCUT2D eigenvalue weighted by molar-refractivity contribution is 0.0420. The number of aliphatic imine (C=N–C) groups is 1. The fourth-order valence-electron chi connectivity index (χ4n) is 2.84. The number of nitrogens with one attached hydrogen (secondary N) is 2. The number of methoxy groups -OCH3 is 1. The van der Waals surface area contributed by atoms with Crippen LogP contribution in [-0.4, -0.2) is 59.1 Å². The van der Waals surface area contributed by atoms with Crippen molar-refractivity contribution in [2.45, 2.75) is 38.2 Å². The molecule has 1 aromatic carbocycles. The monoisotopic (exact) mass is 363 g/mol. The Morgan fingerprint density at radius 1 is 1.27 bits per heavy atom. The van der Waals surface area contributed by atoms with Gasteiger partial charge < -0.3 is 24.8 Å². The molecule has 1 aliphatic heterocycles. The molecule has 0 saturated carbocycles. The fourth-order valence-corrected chi connectivity index (χ4v) is 2.84. The van der Waals surface area contributed by atoms with E-state index in [2.05, 4.69) is 41.6 Å². The standard InChI is InChI=1S/C20H33N3O3/c1-20(2,16-6-8-17(24-4)9-7-16)15-23-19(21-3)22-11-5-12-26-18-10-13-25-14-18/h6-9,18H,5,10-15H2,1-4H3,(H2,21,22,23). The van der Waals surface area contributed by atoms with Crippen LogP contribution in [0, 0.1) is 0 Å². The molecule has 0 spiro atoms. The Kier molecular flexibility index (Phi) is 8.19. The summed E-state index contributed by atoms with van der Waals surface area (Å²) in [6, 6.07) is 8.22. The van der Waals surface area contributed by atoms with E-state index in [4.69, 9.17) is 14.2 Å². The lowest BCUT2D eigenvalue weighted by Crippen LogP contribution is -2.43. The van der Waals surface area contributed by atoms with Gasteiger partial charge in [0.05, 0.1) is 19.8 Å². The molecule has 1 aliphatic rings. The van der Waals surface area contributed by atoms with Gasteiger partial charge in [0.15, 0.2) is 5.96 Å². The van der Waals surface area contributed by atoms with Crippen LogP contribution < -0.4 is 15.4 Å². The van der Waals surface area contributed by atoms with Gasteiger partial charge in [-0.3, -0.25) is 4.99 Å². The van der Waals surface area contributed by atoms with Crippen LogP contribution in [0.4, 0.5) is 0 Å². The topological polar surface area (TPSA) is 64.1 Å². The van der Waals surface area contributed by atoms with Crippen LogP contribution in [0.1, 0.15) is 32.3 Å². The van der Waals surface area contributed by atoms with Gasteiger partial charge in [-0.15, -0.1) is 0 Å². The van der Waals surface area contributed by atoms with E-state index in [0.29, 0.717) is 0 Å². The predicted octanol–water partition coefficient (Wildman–Crippen LogP) is 2.33. The van der Waals surface area contributed by atoms with E-state index >= 15 is 0 Å². The molecule has 6 nitrogen and oxygen atoms in total. The first-order valence-corrected chi connectivity index (χ1v) is 9.33. The third-order valence-corrected chi connectivity index (χ3v) is 4.65. The zero-order valence-electron chi connectivity index (χ0n) is 16.5. The maximum absolute atomic E-state index is 5.77. The van der Waals surface area contributed by atoms with Crippen LogP contribution in [0.2, 0.25) is 0 Å². The summed E-state index contributed by atoms with van der Waals surface area (Å²) in [6.07, 6.45) is 2.23. The maximum atomic E-state index is 5.77. The lowest BCUT2D eigenvalue weighted by Gasteiger charge is -2.27. The Morgan fingerprint density at radius 2 is 2.04 bits per heavy atom. The molecular formula is C20H33N3O3. The number of hydrogen-bond donors (Lipinski definition) is 2. The summed E-state index contributed by atoms with van der Waals surface area (Å²) in [6.45, 7) is 8.35. The average molecular weight is 364 g/mol. The SMILES string of the molecule is CN=C(NCCCOC1CCOC1)NCC(C)(C)c1ccc(OC)cc1. The van der Waals surface area contributed by atoms with E-state index < -0.39 is 0 Å². The molecule has 1 atom stereocenters. The Balaban J connectivity index is 1.69. The minimum atomic E-state index is -0.0184. The Bertz CT molecular complexity index is 552. The summed E-state index contributed by atoms with van der Waals surface area (Å²) in [4.78, 5) is 4.30. The number of ether oxygens (including phenoxy) is 3. The summed E-state index contributed by atoms with van der Waals surface area (Å²) in [5.41, 5.74) is 1.24. The molecule has 2 rings (SSSR count). The predicted molar refractivity (Wildman–Crippen MR) is 105 cm³/mol. The molecule has 1 unspecified atom stereocenters. The largest absolute Gasteiger partial charge is 0.497 e. The summed E-state index contributed by atoms with van der Waals surface area (Å²) >= 11 is 0. The highest BCUT2D eigenvalue weighted by Gasteiger charge is 2.21. The van der Waals surface area contributed by atoms with Crippen LogP contribution in [0.25, 0.3) is 0 Å². The quantitative estimate of drug-likeness (QED) is 0.401. The van der Waals surface area contributed by atoms with E-state index in [0.717, 1.165) is 57.5 Å². The van der Waals surface area contributed by atoms with Gasteiger partial charge in [0, 0.05) is 38.8 Å². The Labute approximate surface area is 157 Å². The third-order valence-electron chi connectivity index (χ3n) is 4.65. The van der Waals surface area contributed by atoms with Crippen LogP contribution in [-0.2, 0) is 14.9 Å². The number of hydrogen-bond acceptors (Lipinski definition) is 4. The van der Waals surface area contributed by atoms with Crippen molar-refractivity contribution in [3.8, 4) is 5.75 Å². The zero-order chi connectivity index (χ0) is 18.8. The molecule has 6 heteroatoms. The molecule has 0 aromatic heterocycles. The molecule has 26 heavy (non-hydrogen) atoms. The van der Waals surface area contributed by atoms with E-state index in [1.807, 2.05) is 12.1 Å². The maximum Gasteiger partial charge on any atom is 0.191 e. The Hall–Kier alpha value is -1.79. The number of nitrogens with zero attached hydrogens (tertiary/aromatic N) is 1. The summed E-state index contributed by atoms with van der Waals surface area (Å²) in [5.74, 6) is 1.69. The van der Waals surface area contributed by atoms with E-state index in [1.54, 1.807) is 14.2 Å². The number of guanidine groups is 1. The number of benzene rings is 1. The first-order chi connectivity index (χ1) is 12.5. The first kappa shape index (κ1) is 20.5. The van der Waals surface area contributed by atoms with Crippen molar-refractivity contribution in [2.24, 2.45) is 4.99 Å². The second kappa shape index (κ2) is 10.4. The summed E-state index contributed by atoms with van der Waals surface area (Å²) in [5, 5.41) is 6.76. The fraction of sp³-hybridized carbons (Fsp3) is 0.650. The molecular weight excluding hydrogens is 330 g/mol. The highest BCUT2D eigenvalue weighted by molar-refractivity contribution is 5.79. The molecule has 0 aliphatic carbocycles. The van der Waals surface area contributed by atoms with Gasteiger partial charge >= 0.3 is 0 Å². The van der Waals surface area contributed by atoms with Crippen LogP contribution >= 0.6 is 0 Å². The summed E-state index contributed by atoms with van der Waals surface area (Å²) < 4.78 is 16.3. The highest BCUT2D eigenvalue weighted by Crippen LogP contribution is 2.24. The molecule has 146 valence electrons. The van der Waals surface area contributed by atoms with Gasteiger partial charge in [-0.2, -0.15) is 0 Å². The van der Waals surface area contributed by atoms with Gasteiger partial charge in [0.2, 0.25) is 0 Å². The van der Waals surface area contributed by atoms with Gasteiger partial charge in [-0.1, -0.05) is 26.0 Å². The normalized spacial score (nSPS) is 18.0. The van der Waals surface area contributed by atoms with Gasteiger partial charge in [0.1, 0.15) is 5.75 Å². The minimum Gasteiger partial charge on any atom is -0.497 e. The highest BCUT2D eigenvalue weighted by atomic mass is 16.5. The molecule has 1 fully saturated rings. The van der Waals surface area contributed by atoms with E-state index in [1.165, 1.54) is 5.56 Å². The molecule has 0 radical (unpaired) electrons. The van der Waals surface area contributed by atoms with E-state index in [-0.39, 0.29) is 11.5 Å². The van der Waals surface area contributed by atoms with Crippen molar-refractivity contribution in [1.29, 1.82) is 0 Å². The first-order valence-electron chi connectivity index (χ1n) is 9.33. The second-order valence-corrected chi connectivity index (χ2v) is 7.17. The molecule has 0 amide bonds. The van der Waals surface area contributed by atoms with Crippen molar-refractivity contribution >= 4 is 5.96 Å². The third kappa shape index (κ3) is 6.50. The summed E-state index contributed by atoms with van der Waals surface area (Å²) in [7, 11) is 3.48. The molecule has 0 bridgehead atoms. The zero-order valence-corrected chi connectivity index (χ0v) is 16.5. The minimum absolute atomic E-state index is 0.0184. The molecule has 2 N–H and O–H groups in total. The van der Waals surface area contributed by atoms with Gasteiger partial charge in [-0.05, 0) is 30.5 Å². The number of rotatable bonds is 9. The van der Waals surface area contributed by atoms with Crippen LogP contribution in [0.5, 0.6) is 5.75 Å². The Morgan fingerprint density at radius 3 is 2.65 bits per heavy atom. The molecule has 1 heterocycles. The second-order valence-electron chi connectivity index (χ2n) is 7.17. The molecule has 1 saturated heterocycles. The lowest BCUT2D eigenvalue weighted by atomic mass is 9.84. The van der Waals surface area contributed by atoms with E-state index in [9.17, 15) is 0 Å². The van der Waals surface area contributed by atoms with Crippen molar-refractivity contribution < 1.29 is 14.2 Å². The van der Waals surface area contributed by atoms with Crippen LogP contribution in [0.3, 0.4) is 0 Å². The average Bonchev–Trinajstić information content (AvgIpc) is 3.17. The van der Waals surface area contributed by atoms with Crippen molar-refractivity contribution in [1.82, 2.24) is 10.6 Å². The molecule has 1 aromatic rings. The van der Waals surface area contributed by atoms with Crippen LogP contribution in [0.15, 0.2) is 29.3 Å². The van der Waals surface area contributed by atoms with Crippen molar-refractivity contribution in [3.63, 3.8) is 0 Å².